The lowest BCUT2D eigenvalue weighted by atomic mass is 10.4. The summed E-state index contributed by atoms with van der Waals surface area (Å²) in [5.74, 6) is 0. The van der Waals surface area contributed by atoms with Crippen molar-refractivity contribution in [1.82, 2.24) is 9.80 Å². The van der Waals surface area contributed by atoms with Crippen LogP contribution in [0.3, 0.4) is 0 Å². The van der Waals surface area contributed by atoms with Crippen molar-refractivity contribution in [3.8, 4) is 0 Å². The van der Waals surface area contributed by atoms with Gasteiger partial charge in [0.15, 0.2) is 8.32 Å². The van der Waals surface area contributed by atoms with Gasteiger partial charge in [-0.1, -0.05) is 20.8 Å². The van der Waals surface area contributed by atoms with E-state index < -0.39 is 8.32 Å². The first kappa shape index (κ1) is 17.8. The van der Waals surface area contributed by atoms with E-state index in [-0.39, 0.29) is 12.4 Å². The van der Waals surface area contributed by atoms with E-state index in [4.69, 9.17) is 4.43 Å². The van der Waals surface area contributed by atoms with Gasteiger partial charge in [-0.05, 0) is 24.6 Å². The summed E-state index contributed by atoms with van der Waals surface area (Å²) < 4.78 is 6.24. The highest BCUT2D eigenvalue weighted by Gasteiger charge is 2.28. The first-order valence-corrected chi connectivity index (χ1v) is 9.45. The molecule has 0 N–H and O–H groups in total. The van der Waals surface area contributed by atoms with Crippen LogP contribution in [0, 0.1) is 0 Å². The van der Waals surface area contributed by atoms with Crippen LogP contribution in [0.2, 0.25) is 18.1 Å². The quantitative estimate of drug-likeness (QED) is 0.503. The second-order valence-corrected chi connectivity index (χ2v) is 9.73. The fourth-order valence-corrected chi connectivity index (χ4v) is 5.04. The standard InChI is InChI=1S/C13H28N2OSi.ClH/c1-5-17(6-2,7-3)16-12-8-9-15-11-10-14(4)13-15;/h10-11H,5-9,12-13H2,1-4H3;1H. The molecule has 0 unspecified atom stereocenters. The topological polar surface area (TPSA) is 15.7 Å². The molecule has 3 nitrogen and oxygen atoms in total. The fraction of sp³-hybridized carbons (Fsp3) is 0.846. The predicted octanol–water partition coefficient (Wildman–Crippen LogP) is 3.50. The molecule has 0 aromatic rings. The van der Waals surface area contributed by atoms with Gasteiger partial charge < -0.3 is 14.2 Å². The molecule has 5 heteroatoms. The van der Waals surface area contributed by atoms with Crippen LogP contribution in [0.1, 0.15) is 27.2 Å². The van der Waals surface area contributed by atoms with Gasteiger partial charge in [-0.2, -0.15) is 0 Å². The van der Waals surface area contributed by atoms with Crippen molar-refractivity contribution in [3.05, 3.63) is 12.4 Å². The van der Waals surface area contributed by atoms with Crippen LogP contribution in [0.25, 0.3) is 0 Å². The van der Waals surface area contributed by atoms with E-state index >= 15 is 0 Å². The molecule has 1 aliphatic rings. The maximum absolute atomic E-state index is 6.24. The van der Waals surface area contributed by atoms with Crippen molar-refractivity contribution in [2.75, 3.05) is 26.9 Å². The average Bonchev–Trinajstić information content (AvgIpc) is 2.76. The number of rotatable bonds is 8. The van der Waals surface area contributed by atoms with Crippen LogP contribution in [-0.4, -0.2) is 45.0 Å². The Bertz CT molecular complexity index is 239. The van der Waals surface area contributed by atoms with Gasteiger partial charge in [-0.3, -0.25) is 0 Å². The first-order valence-electron chi connectivity index (χ1n) is 6.92. The van der Waals surface area contributed by atoms with Crippen LogP contribution >= 0.6 is 12.4 Å². The molecule has 1 rings (SSSR count). The molecule has 0 saturated heterocycles. The third kappa shape index (κ3) is 5.20. The van der Waals surface area contributed by atoms with Crippen LogP contribution in [-0.2, 0) is 4.43 Å². The molecule has 0 atom stereocenters. The molecule has 0 bridgehead atoms. The third-order valence-electron chi connectivity index (χ3n) is 3.87. The summed E-state index contributed by atoms with van der Waals surface area (Å²) in [6.07, 6.45) is 5.45. The Labute approximate surface area is 120 Å². The predicted molar refractivity (Wildman–Crippen MR) is 83.5 cm³/mol. The van der Waals surface area contributed by atoms with Crippen molar-refractivity contribution in [2.24, 2.45) is 0 Å². The first-order chi connectivity index (χ1) is 8.15. The Morgan fingerprint density at radius 1 is 1.11 bits per heavy atom. The minimum absolute atomic E-state index is 0. The lowest BCUT2D eigenvalue weighted by molar-refractivity contribution is 0.245. The van der Waals surface area contributed by atoms with Crippen molar-refractivity contribution in [3.63, 3.8) is 0 Å². The fourth-order valence-electron chi connectivity index (χ4n) is 2.35. The molecule has 1 aliphatic heterocycles. The normalized spacial score (nSPS) is 15.1. The zero-order valence-corrected chi connectivity index (χ0v) is 14.1. The van der Waals surface area contributed by atoms with Gasteiger partial charge in [0.25, 0.3) is 0 Å². The summed E-state index contributed by atoms with van der Waals surface area (Å²) in [5.41, 5.74) is 0. The van der Waals surface area contributed by atoms with E-state index in [0.717, 1.165) is 26.2 Å². The third-order valence-corrected chi connectivity index (χ3v) is 8.55. The number of nitrogens with zero attached hydrogens (tertiary/aromatic N) is 2. The molecule has 0 aromatic heterocycles. The molecular weight excluding hydrogens is 264 g/mol. The highest BCUT2D eigenvalue weighted by atomic mass is 35.5. The van der Waals surface area contributed by atoms with Gasteiger partial charge >= 0.3 is 0 Å². The SMILES string of the molecule is CC[Si](CC)(CC)OCCCN1C=CN(C)C1.Cl. The van der Waals surface area contributed by atoms with Gasteiger partial charge in [0.05, 0.1) is 6.67 Å². The Balaban J connectivity index is 0.00000289. The minimum Gasteiger partial charge on any atom is -0.417 e. The van der Waals surface area contributed by atoms with E-state index in [9.17, 15) is 0 Å². The smallest absolute Gasteiger partial charge is 0.191 e. The average molecular weight is 293 g/mol. The minimum atomic E-state index is -1.35. The molecule has 0 fully saturated rings. The monoisotopic (exact) mass is 292 g/mol. The van der Waals surface area contributed by atoms with Crippen molar-refractivity contribution < 1.29 is 4.43 Å². The molecule has 0 aromatic carbocycles. The maximum Gasteiger partial charge on any atom is 0.191 e. The number of hydrogen-bond donors (Lipinski definition) is 0. The summed E-state index contributed by atoms with van der Waals surface area (Å²) in [5, 5.41) is 0. The molecule has 1 heterocycles. The molecule has 0 spiro atoms. The number of hydrogen-bond acceptors (Lipinski definition) is 3. The van der Waals surface area contributed by atoms with E-state index in [2.05, 4.69) is 50.0 Å². The van der Waals surface area contributed by atoms with Gasteiger partial charge in [0.2, 0.25) is 0 Å². The van der Waals surface area contributed by atoms with Gasteiger partial charge in [-0.25, -0.2) is 0 Å². The highest BCUT2D eigenvalue weighted by molar-refractivity contribution is 6.73. The van der Waals surface area contributed by atoms with E-state index in [1.165, 1.54) is 18.1 Å². The second-order valence-electron chi connectivity index (χ2n) is 4.95. The summed E-state index contributed by atoms with van der Waals surface area (Å²) in [6, 6.07) is 3.77. The lowest BCUT2D eigenvalue weighted by Gasteiger charge is -2.28. The Hall–Kier alpha value is -0.193. The van der Waals surface area contributed by atoms with E-state index in [1.807, 2.05) is 0 Å². The van der Waals surface area contributed by atoms with Crippen LogP contribution in [0.4, 0.5) is 0 Å². The van der Waals surface area contributed by atoms with Crippen LogP contribution in [0.5, 0.6) is 0 Å². The van der Waals surface area contributed by atoms with Crippen molar-refractivity contribution >= 4 is 20.7 Å². The van der Waals surface area contributed by atoms with Crippen LogP contribution in [0.15, 0.2) is 12.4 Å². The summed E-state index contributed by atoms with van der Waals surface area (Å²) >= 11 is 0. The molecular formula is C13H29ClN2OSi. The number of halogens is 1. The molecule has 0 saturated carbocycles. The zero-order chi connectivity index (χ0) is 12.7. The Morgan fingerprint density at radius 3 is 2.17 bits per heavy atom. The van der Waals surface area contributed by atoms with E-state index in [0.29, 0.717) is 0 Å². The second kappa shape index (κ2) is 8.83. The molecule has 18 heavy (non-hydrogen) atoms. The lowest BCUT2D eigenvalue weighted by Crippen LogP contribution is -2.36. The summed E-state index contributed by atoms with van der Waals surface area (Å²) in [7, 11) is 0.753. The Kier molecular flexibility index (Phi) is 8.74. The molecule has 0 aliphatic carbocycles. The largest absolute Gasteiger partial charge is 0.417 e. The van der Waals surface area contributed by atoms with Gasteiger partial charge in [0.1, 0.15) is 0 Å². The summed E-state index contributed by atoms with van der Waals surface area (Å²) in [6.45, 7) is 9.95. The summed E-state index contributed by atoms with van der Waals surface area (Å²) in [4.78, 5) is 4.54. The Morgan fingerprint density at radius 2 is 1.72 bits per heavy atom. The van der Waals surface area contributed by atoms with Gasteiger partial charge in [-0.15, -0.1) is 12.4 Å². The van der Waals surface area contributed by atoms with E-state index in [1.54, 1.807) is 0 Å². The van der Waals surface area contributed by atoms with Crippen LogP contribution < -0.4 is 0 Å². The van der Waals surface area contributed by atoms with Crippen molar-refractivity contribution in [2.45, 2.75) is 45.3 Å². The highest BCUT2D eigenvalue weighted by Crippen LogP contribution is 2.21. The zero-order valence-electron chi connectivity index (χ0n) is 12.3. The van der Waals surface area contributed by atoms with Gasteiger partial charge in [0, 0.05) is 32.6 Å². The molecule has 0 amide bonds. The molecule has 108 valence electrons. The van der Waals surface area contributed by atoms with Crippen molar-refractivity contribution in [1.29, 1.82) is 0 Å². The molecule has 0 radical (unpaired) electrons. The maximum atomic E-state index is 6.24.